The van der Waals surface area contributed by atoms with Gasteiger partial charge < -0.3 is 54.1 Å². The maximum atomic E-state index is 13.9. The standard InChI is InChI=1S/C48H66N14O16S2/c1-53(14-13-45(72)73)36(63)22-54(2)37(64)23-55(3)38(65)24-56(4)39(66)25-57(5)40(67)26-58(6)41(68)27-59(7)42(69)28-60(8)43(70)29-61(9)44(71)30-62(10)46(74)33-16-31(34-18-49-47(50-19-34)79(11,75)76)15-32(17-33)35-20-51-48(52-21-35)80(12,77)78/h15-21H,13-14,22-30H2,1-12H3,(H,72,73). The van der Waals surface area contributed by atoms with Crippen molar-refractivity contribution in [3.63, 3.8) is 0 Å². The van der Waals surface area contributed by atoms with E-state index in [1.165, 1.54) is 107 Å². The summed E-state index contributed by atoms with van der Waals surface area (Å²) < 4.78 is 47.9. The third-order valence-corrected chi connectivity index (χ3v) is 13.7. The smallest absolute Gasteiger partial charge is 0.305 e. The van der Waals surface area contributed by atoms with Crippen LogP contribution in [0.2, 0.25) is 0 Å². The Morgan fingerprint density at radius 2 is 0.588 bits per heavy atom. The lowest BCUT2D eigenvalue weighted by Gasteiger charge is -2.27. The summed E-state index contributed by atoms with van der Waals surface area (Å²) in [5, 5.41) is 7.95. The second-order valence-electron chi connectivity index (χ2n) is 19.0. The fourth-order valence-corrected chi connectivity index (χ4v) is 7.67. The lowest BCUT2D eigenvalue weighted by molar-refractivity contribution is -0.146. The molecule has 10 amide bonds. The van der Waals surface area contributed by atoms with E-state index >= 15 is 0 Å². The molecular formula is C48H66N14O16S2. The third kappa shape index (κ3) is 19.7. The van der Waals surface area contributed by atoms with Crippen molar-refractivity contribution in [2.45, 2.75) is 16.7 Å². The van der Waals surface area contributed by atoms with Crippen LogP contribution in [0.4, 0.5) is 0 Å². The van der Waals surface area contributed by atoms with E-state index in [0.717, 1.165) is 61.5 Å². The number of aliphatic carboxylic acids is 1. The summed E-state index contributed by atoms with van der Waals surface area (Å²) in [4.78, 5) is 167. The summed E-state index contributed by atoms with van der Waals surface area (Å²) >= 11 is 0. The molecule has 0 atom stereocenters. The molecule has 0 spiro atoms. The van der Waals surface area contributed by atoms with Gasteiger partial charge in [0.25, 0.3) is 5.91 Å². The van der Waals surface area contributed by atoms with Gasteiger partial charge in [0.05, 0.1) is 65.3 Å². The molecule has 2 aromatic heterocycles. The molecule has 0 bridgehead atoms. The molecule has 0 aliphatic heterocycles. The van der Waals surface area contributed by atoms with Gasteiger partial charge in [-0.2, -0.15) is 0 Å². The zero-order valence-electron chi connectivity index (χ0n) is 46.5. The Morgan fingerprint density at radius 3 is 0.812 bits per heavy atom. The Hall–Kier alpha value is -8.55. The highest BCUT2D eigenvalue weighted by Gasteiger charge is 2.27. The molecule has 0 aliphatic carbocycles. The average Bonchev–Trinajstić information content (AvgIpc) is 3.38. The van der Waals surface area contributed by atoms with Gasteiger partial charge in [0, 0.05) is 131 Å². The molecule has 30 nitrogen and oxygen atoms in total. The van der Waals surface area contributed by atoms with E-state index < -0.39 is 147 Å². The molecule has 2 heterocycles. The number of sulfone groups is 2. The van der Waals surface area contributed by atoms with Crippen molar-refractivity contribution in [2.24, 2.45) is 0 Å². The number of carbonyl (C=O) groups is 11. The molecule has 0 unspecified atom stereocenters. The minimum atomic E-state index is -3.75. The van der Waals surface area contributed by atoms with Crippen LogP contribution in [0.3, 0.4) is 0 Å². The Bertz CT molecular complexity index is 3000. The van der Waals surface area contributed by atoms with Crippen LogP contribution in [0, 0.1) is 0 Å². The monoisotopic (exact) mass is 1160 g/mol. The van der Waals surface area contributed by atoms with Gasteiger partial charge in [-0.3, -0.25) is 52.7 Å². The Morgan fingerprint density at radius 1 is 0.362 bits per heavy atom. The first-order valence-electron chi connectivity index (χ1n) is 23.8. The molecule has 0 saturated heterocycles. The zero-order chi connectivity index (χ0) is 60.7. The van der Waals surface area contributed by atoms with Crippen LogP contribution in [-0.4, -0.2) is 304 Å². The first-order valence-corrected chi connectivity index (χ1v) is 27.6. The number of carboxylic acids is 1. The molecule has 80 heavy (non-hydrogen) atoms. The van der Waals surface area contributed by atoms with Gasteiger partial charge in [-0.25, -0.2) is 36.8 Å². The van der Waals surface area contributed by atoms with Crippen molar-refractivity contribution >= 4 is 84.7 Å². The van der Waals surface area contributed by atoms with Crippen molar-refractivity contribution in [3.05, 3.63) is 48.5 Å². The maximum absolute atomic E-state index is 13.9. The summed E-state index contributed by atoms with van der Waals surface area (Å²) in [7, 11) is 5.68. The molecule has 3 rings (SSSR count). The predicted molar refractivity (Wildman–Crippen MR) is 283 cm³/mol. The summed E-state index contributed by atoms with van der Waals surface area (Å²) in [6.07, 6.45) is 6.53. The number of hydrogen-bond donors (Lipinski definition) is 1. The van der Waals surface area contributed by atoms with Crippen molar-refractivity contribution < 1.29 is 74.7 Å². The van der Waals surface area contributed by atoms with E-state index in [2.05, 4.69) is 19.9 Å². The number of rotatable bonds is 26. The second kappa shape index (κ2) is 28.4. The zero-order valence-corrected chi connectivity index (χ0v) is 48.1. The first-order chi connectivity index (χ1) is 37.0. The summed E-state index contributed by atoms with van der Waals surface area (Å²) in [6.45, 7) is -4.41. The Labute approximate surface area is 462 Å². The van der Waals surface area contributed by atoms with Gasteiger partial charge in [0.15, 0.2) is 0 Å². The minimum Gasteiger partial charge on any atom is -0.481 e. The number of carboxylic acid groups (broad SMARTS) is 1. The number of hydrogen-bond acceptors (Lipinski definition) is 19. The summed E-state index contributed by atoms with van der Waals surface area (Å²) in [5.41, 5.74) is 1.30. The van der Waals surface area contributed by atoms with E-state index in [-0.39, 0.29) is 25.1 Å². The highest BCUT2D eigenvalue weighted by molar-refractivity contribution is 7.90. The molecule has 0 radical (unpaired) electrons. The molecule has 1 N–H and O–H groups in total. The number of carbonyl (C=O) groups excluding carboxylic acids is 10. The van der Waals surface area contributed by atoms with E-state index in [9.17, 15) is 69.6 Å². The van der Waals surface area contributed by atoms with Gasteiger partial charge in [-0.1, -0.05) is 0 Å². The Balaban J connectivity index is 1.52. The molecule has 0 saturated carbocycles. The van der Waals surface area contributed by atoms with Crippen LogP contribution in [0.1, 0.15) is 16.8 Å². The third-order valence-electron chi connectivity index (χ3n) is 12.0. The van der Waals surface area contributed by atoms with E-state index in [4.69, 9.17) is 5.11 Å². The number of likely N-dealkylation sites (N-methyl/N-ethyl adjacent to an activating group) is 10. The van der Waals surface area contributed by atoms with Crippen molar-refractivity contribution in [3.8, 4) is 22.3 Å². The number of nitrogens with zero attached hydrogens (tertiary/aromatic N) is 14. The normalized spacial score (nSPS) is 11.1. The maximum Gasteiger partial charge on any atom is 0.305 e. The van der Waals surface area contributed by atoms with Crippen LogP contribution in [0.5, 0.6) is 0 Å². The van der Waals surface area contributed by atoms with Crippen molar-refractivity contribution in [2.75, 3.05) is 148 Å². The number of aromatic nitrogens is 4. The minimum absolute atomic E-state index is 0.0270. The highest BCUT2D eigenvalue weighted by Crippen LogP contribution is 2.28. The molecule has 436 valence electrons. The van der Waals surface area contributed by atoms with Crippen LogP contribution >= 0.6 is 0 Å². The molecule has 3 aromatic rings. The molecule has 0 aliphatic rings. The lowest BCUT2D eigenvalue weighted by Crippen LogP contribution is -2.49. The van der Waals surface area contributed by atoms with Gasteiger partial charge in [0.2, 0.25) is 83.2 Å². The van der Waals surface area contributed by atoms with Gasteiger partial charge in [-0.15, -0.1) is 0 Å². The predicted octanol–water partition coefficient (Wildman–Crippen LogP) is -3.92. The number of amides is 10. The SMILES string of the molecule is CN(CCC(=O)O)C(=O)CN(C)C(=O)CN(C)C(=O)CN(C)C(=O)CN(C)C(=O)CN(C)C(=O)CN(C)C(=O)CN(C)C(=O)CN(C)C(=O)CN(C)C(=O)c1cc(-c2cnc(S(C)(=O)=O)nc2)cc(-c2cnc(S(C)(=O)=O)nc2)c1. The van der Waals surface area contributed by atoms with E-state index in [1.54, 1.807) is 6.07 Å². The van der Waals surface area contributed by atoms with Crippen LogP contribution in [0.15, 0.2) is 53.3 Å². The molecular weight excluding hydrogens is 1090 g/mol. The largest absolute Gasteiger partial charge is 0.481 e. The highest BCUT2D eigenvalue weighted by atomic mass is 32.2. The van der Waals surface area contributed by atoms with Gasteiger partial charge in [0.1, 0.15) is 0 Å². The van der Waals surface area contributed by atoms with Gasteiger partial charge >= 0.3 is 5.97 Å². The summed E-state index contributed by atoms with van der Waals surface area (Å²) in [5.74, 6) is -7.54. The van der Waals surface area contributed by atoms with E-state index in [1.807, 2.05) is 0 Å². The van der Waals surface area contributed by atoms with E-state index in [0.29, 0.717) is 22.3 Å². The van der Waals surface area contributed by atoms with Gasteiger partial charge in [-0.05, 0) is 29.3 Å². The fourth-order valence-electron chi connectivity index (χ4n) is 6.70. The summed E-state index contributed by atoms with van der Waals surface area (Å²) in [6, 6.07) is 4.48. The quantitative estimate of drug-likeness (QED) is 0.0750. The molecule has 0 fully saturated rings. The second-order valence-corrected chi connectivity index (χ2v) is 22.8. The Kier molecular flexibility index (Phi) is 23.3. The van der Waals surface area contributed by atoms with Crippen LogP contribution in [-0.2, 0) is 67.6 Å². The van der Waals surface area contributed by atoms with Crippen LogP contribution in [0.25, 0.3) is 22.3 Å². The average molecular weight is 1160 g/mol. The van der Waals surface area contributed by atoms with Crippen LogP contribution < -0.4 is 0 Å². The first kappa shape index (κ1) is 65.7. The molecule has 32 heteroatoms. The lowest BCUT2D eigenvalue weighted by atomic mass is 9.98. The molecule has 1 aromatic carbocycles. The topological polar surface area (TPSA) is 360 Å². The van der Waals surface area contributed by atoms with Crippen molar-refractivity contribution in [1.82, 2.24) is 68.9 Å². The number of benzene rings is 1. The van der Waals surface area contributed by atoms with Crippen molar-refractivity contribution in [1.29, 1.82) is 0 Å². The fraction of sp³-hybridized carbons (Fsp3) is 0.479.